The van der Waals surface area contributed by atoms with E-state index in [1.54, 1.807) is 12.1 Å². The monoisotopic (exact) mass is 213 g/mol. The second-order valence-corrected chi connectivity index (χ2v) is 3.30. The zero-order valence-electron chi connectivity index (χ0n) is 8.21. The van der Waals surface area contributed by atoms with E-state index in [0.717, 1.165) is 0 Å². The van der Waals surface area contributed by atoms with E-state index in [9.17, 15) is 14.5 Å². The highest BCUT2D eigenvalue weighted by Crippen LogP contribution is 2.17. The number of carbonyl (C=O) groups excluding carboxylic acids is 2. The first-order chi connectivity index (χ1) is 7.70. The van der Waals surface area contributed by atoms with Crippen molar-refractivity contribution in [3.63, 3.8) is 0 Å². The highest BCUT2D eigenvalue weighted by atomic mass is 16.3. The molecule has 0 N–H and O–H groups in total. The van der Waals surface area contributed by atoms with Crippen LogP contribution in [0, 0.1) is 4.91 Å². The topological polar surface area (TPSA) is 63.6 Å². The van der Waals surface area contributed by atoms with Crippen molar-refractivity contribution >= 4 is 23.3 Å². The maximum Gasteiger partial charge on any atom is 0.189 e. The molecular weight excluding hydrogens is 206 g/mol. The second-order valence-electron chi connectivity index (χ2n) is 3.30. The summed E-state index contributed by atoms with van der Waals surface area (Å²) in [4.78, 5) is 32.7. The molecule has 0 radical (unpaired) electrons. The van der Waals surface area contributed by atoms with E-state index in [4.69, 9.17) is 0 Å². The van der Waals surface area contributed by atoms with E-state index in [1.165, 1.54) is 30.4 Å². The summed E-state index contributed by atoms with van der Waals surface area (Å²) < 4.78 is 0. The summed E-state index contributed by atoms with van der Waals surface area (Å²) in [6.45, 7) is 0. The minimum absolute atomic E-state index is 0.145. The Morgan fingerprint density at radius 2 is 1.50 bits per heavy atom. The summed E-state index contributed by atoms with van der Waals surface area (Å²) in [6.07, 6.45) is 3.99. The molecule has 0 bridgehead atoms. The molecular formula is C12H7NO3. The number of benzene rings is 1. The van der Waals surface area contributed by atoms with E-state index in [2.05, 4.69) is 5.18 Å². The van der Waals surface area contributed by atoms with Gasteiger partial charge in [-0.2, -0.15) is 0 Å². The third-order valence-electron chi connectivity index (χ3n) is 2.23. The Labute approximate surface area is 91.3 Å². The fourth-order valence-electron chi connectivity index (χ4n) is 1.39. The van der Waals surface area contributed by atoms with Crippen LogP contribution in [0.1, 0.15) is 5.56 Å². The van der Waals surface area contributed by atoms with Crippen LogP contribution < -0.4 is 0 Å². The summed E-state index contributed by atoms with van der Waals surface area (Å²) in [5.41, 5.74) is 1.14. The normalized spacial score (nSPS) is 14.4. The van der Waals surface area contributed by atoms with Crippen LogP contribution in [-0.4, -0.2) is 11.6 Å². The van der Waals surface area contributed by atoms with Gasteiger partial charge in [-0.1, -0.05) is 12.1 Å². The highest BCUT2D eigenvalue weighted by Gasteiger charge is 2.19. The van der Waals surface area contributed by atoms with Gasteiger partial charge in [-0.15, -0.1) is 4.91 Å². The fourth-order valence-corrected chi connectivity index (χ4v) is 1.39. The van der Waals surface area contributed by atoms with Crippen molar-refractivity contribution in [1.82, 2.24) is 0 Å². The predicted octanol–water partition coefficient (Wildman–Crippen LogP) is 2.18. The van der Waals surface area contributed by atoms with Crippen molar-refractivity contribution in [2.45, 2.75) is 0 Å². The summed E-state index contributed by atoms with van der Waals surface area (Å²) in [5, 5.41) is 2.76. The predicted molar refractivity (Wildman–Crippen MR) is 59.0 cm³/mol. The van der Waals surface area contributed by atoms with Gasteiger partial charge >= 0.3 is 0 Å². The zero-order valence-corrected chi connectivity index (χ0v) is 8.21. The molecule has 1 aromatic rings. The van der Waals surface area contributed by atoms with E-state index in [0.29, 0.717) is 11.3 Å². The van der Waals surface area contributed by atoms with Crippen molar-refractivity contribution in [2.75, 3.05) is 0 Å². The van der Waals surface area contributed by atoms with Crippen molar-refractivity contribution in [2.24, 2.45) is 5.18 Å². The van der Waals surface area contributed by atoms with Crippen LogP contribution in [0.2, 0.25) is 0 Å². The van der Waals surface area contributed by atoms with Gasteiger partial charge in [0, 0.05) is 0 Å². The van der Waals surface area contributed by atoms with Gasteiger partial charge in [0.1, 0.15) is 5.69 Å². The number of hydrogen-bond donors (Lipinski definition) is 0. The summed E-state index contributed by atoms with van der Waals surface area (Å²) >= 11 is 0. The van der Waals surface area contributed by atoms with Crippen LogP contribution in [0.25, 0.3) is 6.08 Å². The van der Waals surface area contributed by atoms with Gasteiger partial charge in [-0.3, -0.25) is 9.59 Å². The quantitative estimate of drug-likeness (QED) is 0.429. The fraction of sp³-hybridized carbons (Fsp3) is 0. The first-order valence-electron chi connectivity index (χ1n) is 4.62. The van der Waals surface area contributed by atoms with Crippen molar-refractivity contribution in [3.8, 4) is 0 Å². The molecule has 1 aliphatic carbocycles. The molecule has 0 saturated carbocycles. The maximum atomic E-state index is 11.3. The minimum atomic E-state index is -0.289. The molecule has 0 heterocycles. The Morgan fingerprint density at radius 1 is 0.938 bits per heavy atom. The third-order valence-corrected chi connectivity index (χ3v) is 2.23. The van der Waals surface area contributed by atoms with E-state index < -0.39 is 0 Å². The number of hydrogen-bond acceptors (Lipinski definition) is 4. The van der Waals surface area contributed by atoms with Gasteiger partial charge in [0.25, 0.3) is 0 Å². The molecule has 0 aromatic heterocycles. The lowest BCUT2D eigenvalue weighted by atomic mass is 10.1. The van der Waals surface area contributed by atoms with Gasteiger partial charge in [0.2, 0.25) is 0 Å². The number of allylic oxidation sites excluding steroid dienone is 3. The van der Waals surface area contributed by atoms with Gasteiger partial charge < -0.3 is 0 Å². The molecule has 2 rings (SSSR count). The molecule has 16 heavy (non-hydrogen) atoms. The van der Waals surface area contributed by atoms with Crippen molar-refractivity contribution in [1.29, 1.82) is 0 Å². The average molecular weight is 213 g/mol. The Kier molecular flexibility index (Phi) is 2.55. The Hall–Kier alpha value is -2.36. The van der Waals surface area contributed by atoms with Crippen LogP contribution in [0.4, 0.5) is 5.69 Å². The SMILES string of the molecule is O=Nc1ccc(C=C2C(=O)C=CC2=O)cc1. The van der Waals surface area contributed by atoms with E-state index in [-0.39, 0.29) is 17.1 Å². The van der Waals surface area contributed by atoms with Crippen LogP contribution in [-0.2, 0) is 9.59 Å². The van der Waals surface area contributed by atoms with E-state index in [1.807, 2.05) is 0 Å². The summed E-state index contributed by atoms with van der Waals surface area (Å²) in [5.74, 6) is -0.579. The van der Waals surface area contributed by atoms with Crippen LogP contribution in [0.3, 0.4) is 0 Å². The standard InChI is InChI=1S/C12H7NO3/c14-11-5-6-12(15)10(11)7-8-1-3-9(13-16)4-2-8/h1-7H. The largest absolute Gasteiger partial charge is 0.289 e. The Morgan fingerprint density at radius 3 is 2.00 bits per heavy atom. The van der Waals surface area contributed by atoms with Gasteiger partial charge in [-0.25, -0.2) is 0 Å². The Balaban J connectivity index is 2.32. The molecule has 0 saturated heterocycles. The summed E-state index contributed by atoms with van der Waals surface area (Å²) in [6, 6.07) is 6.30. The molecule has 0 atom stereocenters. The highest BCUT2D eigenvalue weighted by molar-refractivity contribution is 6.35. The molecule has 0 unspecified atom stereocenters. The number of nitrogens with zero attached hydrogens (tertiary/aromatic N) is 1. The van der Waals surface area contributed by atoms with Gasteiger partial charge in [-0.05, 0) is 41.1 Å². The smallest absolute Gasteiger partial charge is 0.189 e. The molecule has 4 heteroatoms. The first-order valence-corrected chi connectivity index (χ1v) is 4.62. The molecule has 1 aromatic carbocycles. The average Bonchev–Trinajstić information content (AvgIpc) is 2.62. The van der Waals surface area contributed by atoms with Crippen LogP contribution >= 0.6 is 0 Å². The number of rotatable bonds is 2. The molecule has 0 amide bonds. The van der Waals surface area contributed by atoms with Crippen LogP contribution in [0.15, 0.2) is 47.2 Å². The van der Waals surface area contributed by atoms with Crippen LogP contribution in [0.5, 0.6) is 0 Å². The van der Waals surface area contributed by atoms with Gasteiger partial charge in [0.05, 0.1) is 5.57 Å². The third kappa shape index (κ3) is 1.86. The lowest BCUT2D eigenvalue weighted by molar-refractivity contribution is -0.115. The molecule has 0 fully saturated rings. The van der Waals surface area contributed by atoms with Crippen molar-refractivity contribution in [3.05, 3.63) is 52.5 Å². The molecule has 4 nitrogen and oxygen atoms in total. The molecule has 1 aliphatic rings. The first kappa shape index (κ1) is 10.2. The minimum Gasteiger partial charge on any atom is -0.289 e. The van der Waals surface area contributed by atoms with Gasteiger partial charge in [0.15, 0.2) is 11.6 Å². The molecule has 78 valence electrons. The van der Waals surface area contributed by atoms with Crippen molar-refractivity contribution < 1.29 is 9.59 Å². The zero-order chi connectivity index (χ0) is 11.5. The lowest BCUT2D eigenvalue weighted by Crippen LogP contribution is -2.00. The Bertz CT molecular complexity index is 504. The maximum absolute atomic E-state index is 11.3. The number of carbonyl (C=O) groups is 2. The number of nitroso groups, excluding NO2 is 1. The number of ketones is 2. The molecule has 0 spiro atoms. The van der Waals surface area contributed by atoms with E-state index >= 15 is 0 Å². The second kappa shape index (κ2) is 4.02. The lowest BCUT2D eigenvalue weighted by Gasteiger charge is -1.96. The summed E-state index contributed by atoms with van der Waals surface area (Å²) in [7, 11) is 0. The molecule has 0 aliphatic heterocycles.